The van der Waals surface area contributed by atoms with Gasteiger partial charge in [-0.15, -0.1) is 0 Å². The number of rotatable bonds is 5. The van der Waals surface area contributed by atoms with Gasteiger partial charge < -0.3 is 35.6 Å². The van der Waals surface area contributed by atoms with Gasteiger partial charge in [0.25, 0.3) is 0 Å². The van der Waals surface area contributed by atoms with E-state index in [1.165, 1.54) is 25.3 Å². The fourth-order valence-electron chi connectivity index (χ4n) is 3.40. The number of ether oxygens (including phenoxy) is 2. The third-order valence-electron chi connectivity index (χ3n) is 5.12. The van der Waals surface area contributed by atoms with Crippen molar-refractivity contribution in [3.63, 3.8) is 0 Å². The maximum atomic E-state index is 14.3. The monoisotopic (exact) mass is 411 g/mol. The lowest BCUT2D eigenvalue weighted by Crippen LogP contribution is -2.55. The van der Waals surface area contributed by atoms with Gasteiger partial charge in [-0.3, -0.25) is 0 Å². The van der Waals surface area contributed by atoms with E-state index in [1.807, 2.05) is 0 Å². The first-order chi connectivity index (χ1) is 13.8. The van der Waals surface area contributed by atoms with Gasteiger partial charge in [0.1, 0.15) is 30.5 Å². The first kappa shape index (κ1) is 21.4. The molecule has 1 heterocycles. The van der Waals surface area contributed by atoms with Crippen LogP contribution in [-0.2, 0) is 11.2 Å². The topological polar surface area (TPSA) is 125 Å². The molecule has 1 aliphatic rings. The van der Waals surface area contributed by atoms with Crippen LogP contribution in [0.5, 0.6) is 5.75 Å². The summed E-state index contributed by atoms with van der Waals surface area (Å²) in [5, 5.41) is 39.5. The molecule has 6 N–H and O–H groups in total. The van der Waals surface area contributed by atoms with Crippen LogP contribution in [0.3, 0.4) is 0 Å². The molecule has 1 aliphatic heterocycles. The number of nitrogen functional groups attached to an aromatic ring is 1. The average Bonchev–Trinajstić information content (AvgIpc) is 2.72. The molecule has 0 aliphatic carbocycles. The quantitative estimate of drug-likeness (QED) is 0.458. The molecule has 0 saturated carbocycles. The van der Waals surface area contributed by atoms with Crippen LogP contribution < -0.4 is 10.5 Å². The Morgan fingerprint density at radius 2 is 1.72 bits per heavy atom. The van der Waals surface area contributed by atoms with Crippen LogP contribution in [0.2, 0.25) is 0 Å². The van der Waals surface area contributed by atoms with E-state index >= 15 is 0 Å². The van der Waals surface area contributed by atoms with Crippen LogP contribution in [-0.4, -0.2) is 58.6 Å². The highest BCUT2D eigenvalue weighted by molar-refractivity contribution is 5.51. The second-order valence-corrected chi connectivity index (χ2v) is 6.94. The molecule has 7 nitrogen and oxygen atoms in total. The van der Waals surface area contributed by atoms with Crippen molar-refractivity contribution in [1.29, 1.82) is 0 Å². The number of anilines is 1. The van der Waals surface area contributed by atoms with Crippen molar-refractivity contribution in [2.24, 2.45) is 0 Å². The molecule has 0 spiro atoms. The minimum absolute atomic E-state index is 0.0379. The second kappa shape index (κ2) is 8.60. The molecule has 0 radical (unpaired) electrons. The zero-order valence-corrected chi connectivity index (χ0v) is 15.6. The molecule has 9 heteroatoms. The predicted octanol–water partition coefficient (Wildman–Crippen LogP) is 0.661. The fraction of sp³-hybridized carbons (Fsp3) is 0.400. The third kappa shape index (κ3) is 4.05. The van der Waals surface area contributed by atoms with Crippen LogP contribution in [0.4, 0.5) is 14.5 Å². The van der Waals surface area contributed by atoms with Gasteiger partial charge in [-0.05, 0) is 28.8 Å². The molecular weight excluding hydrogens is 388 g/mol. The highest BCUT2D eigenvalue weighted by Crippen LogP contribution is 2.34. The molecule has 1 fully saturated rings. The lowest BCUT2D eigenvalue weighted by Gasteiger charge is -2.40. The van der Waals surface area contributed by atoms with Gasteiger partial charge in [0, 0.05) is 12.1 Å². The van der Waals surface area contributed by atoms with Gasteiger partial charge in [0.15, 0.2) is 11.6 Å². The second-order valence-electron chi connectivity index (χ2n) is 6.94. The minimum Gasteiger partial charge on any atom is -0.494 e. The van der Waals surface area contributed by atoms with Crippen molar-refractivity contribution < 1.29 is 38.7 Å². The van der Waals surface area contributed by atoms with Crippen LogP contribution >= 0.6 is 0 Å². The maximum Gasteiger partial charge on any atom is 0.200 e. The molecule has 1 saturated heterocycles. The van der Waals surface area contributed by atoms with Crippen LogP contribution in [0.15, 0.2) is 30.3 Å². The Balaban J connectivity index is 1.92. The first-order valence-corrected chi connectivity index (χ1v) is 8.98. The van der Waals surface area contributed by atoms with Gasteiger partial charge in [-0.1, -0.05) is 18.2 Å². The van der Waals surface area contributed by atoms with Crippen LogP contribution in [0.1, 0.15) is 22.8 Å². The van der Waals surface area contributed by atoms with E-state index in [0.717, 1.165) is 0 Å². The summed E-state index contributed by atoms with van der Waals surface area (Å²) in [5.41, 5.74) is 7.20. The van der Waals surface area contributed by atoms with E-state index in [9.17, 15) is 29.2 Å². The maximum absolute atomic E-state index is 14.3. The van der Waals surface area contributed by atoms with E-state index in [2.05, 4.69) is 0 Å². The summed E-state index contributed by atoms with van der Waals surface area (Å²) in [6.07, 6.45) is -6.62. The van der Waals surface area contributed by atoms with E-state index in [-0.39, 0.29) is 17.7 Å². The summed E-state index contributed by atoms with van der Waals surface area (Å²) in [5.74, 6) is -2.37. The molecule has 29 heavy (non-hydrogen) atoms. The largest absolute Gasteiger partial charge is 0.494 e. The summed E-state index contributed by atoms with van der Waals surface area (Å²) in [6, 6.07) is 7.31. The number of halogens is 2. The van der Waals surface area contributed by atoms with Crippen molar-refractivity contribution in [3.05, 3.63) is 58.7 Å². The minimum atomic E-state index is -1.53. The third-order valence-corrected chi connectivity index (χ3v) is 5.12. The van der Waals surface area contributed by atoms with Gasteiger partial charge in [0.05, 0.1) is 13.7 Å². The Morgan fingerprint density at radius 3 is 2.38 bits per heavy atom. The van der Waals surface area contributed by atoms with Crippen LogP contribution in [0, 0.1) is 11.6 Å². The summed E-state index contributed by atoms with van der Waals surface area (Å²) in [4.78, 5) is 0. The number of hydrogen-bond acceptors (Lipinski definition) is 7. The van der Waals surface area contributed by atoms with Crippen molar-refractivity contribution >= 4 is 5.69 Å². The Bertz CT molecular complexity index is 878. The van der Waals surface area contributed by atoms with Crippen molar-refractivity contribution in [1.82, 2.24) is 0 Å². The molecule has 0 unspecified atom stereocenters. The van der Waals surface area contributed by atoms with Crippen molar-refractivity contribution in [2.45, 2.75) is 36.9 Å². The molecule has 158 valence electrons. The summed E-state index contributed by atoms with van der Waals surface area (Å²) >= 11 is 0. The van der Waals surface area contributed by atoms with Crippen LogP contribution in [0.25, 0.3) is 0 Å². The van der Waals surface area contributed by atoms with Gasteiger partial charge >= 0.3 is 0 Å². The average molecular weight is 411 g/mol. The van der Waals surface area contributed by atoms with E-state index in [4.69, 9.17) is 15.2 Å². The summed E-state index contributed by atoms with van der Waals surface area (Å²) < 4.78 is 38.6. The normalized spacial score (nSPS) is 27.1. The van der Waals surface area contributed by atoms with Gasteiger partial charge in [0.2, 0.25) is 5.82 Å². The summed E-state index contributed by atoms with van der Waals surface area (Å²) in [6.45, 7) is -0.556. The zero-order chi connectivity index (χ0) is 21.3. The van der Waals surface area contributed by atoms with E-state index < -0.39 is 48.8 Å². The molecule has 0 aromatic heterocycles. The van der Waals surface area contributed by atoms with Gasteiger partial charge in [-0.2, -0.15) is 4.39 Å². The lowest BCUT2D eigenvalue weighted by atomic mass is 9.89. The Labute approximate surface area is 165 Å². The lowest BCUT2D eigenvalue weighted by molar-refractivity contribution is -0.231. The number of nitrogens with two attached hydrogens (primary N) is 1. The fourth-order valence-corrected chi connectivity index (χ4v) is 3.40. The number of hydrogen-bond donors (Lipinski definition) is 5. The van der Waals surface area contributed by atoms with E-state index in [0.29, 0.717) is 16.8 Å². The smallest absolute Gasteiger partial charge is 0.200 e. The molecule has 5 atom stereocenters. The molecular formula is C20H23F2NO6. The standard InChI is InChI=1S/C20H23F2NO6/c1-28-13-5-3-9(15(21)16(13)22)6-11-7-10(2-4-12(11)23)20-19(27)18(26)17(25)14(8-24)29-20/h2-5,7,14,17-20,24-27H,6,8,23H2,1H3/t14-,17-,18+,19-,20+/m1/s1. The molecule has 0 amide bonds. The Kier molecular flexibility index (Phi) is 6.35. The predicted molar refractivity (Wildman–Crippen MR) is 99.3 cm³/mol. The number of aliphatic hydroxyl groups excluding tert-OH is 4. The SMILES string of the molecule is COc1ccc(Cc2cc([C@@H]3O[C@H](CO)[C@@H](O)[C@H](O)[C@H]3O)ccc2N)c(F)c1F. The van der Waals surface area contributed by atoms with Crippen molar-refractivity contribution in [3.8, 4) is 5.75 Å². The van der Waals surface area contributed by atoms with E-state index in [1.54, 1.807) is 12.1 Å². The number of methoxy groups -OCH3 is 1. The van der Waals surface area contributed by atoms with Crippen molar-refractivity contribution in [2.75, 3.05) is 19.5 Å². The zero-order valence-electron chi connectivity index (χ0n) is 15.6. The summed E-state index contributed by atoms with van der Waals surface area (Å²) in [7, 11) is 1.24. The Hall–Kier alpha value is -2.30. The molecule has 3 rings (SSSR count). The highest BCUT2D eigenvalue weighted by atomic mass is 19.2. The highest BCUT2D eigenvalue weighted by Gasteiger charge is 2.44. The number of aliphatic hydroxyl groups is 4. The first-order valence-electron chi connectivity index (χ1n) is 8.98. The van der Waals surface area contributed by atoms with Gasteiger partial charge in [-0.25, -0.2) is 4.39 Å². The number of benzene rings is 2. The molecule has 2 aromatic carbocycles. The Morgan fingerprint density at radius 1 is 1.00 bits per heavy atom. The molecule has 0 bridgehead atoms. The molecule has 2 aromatic rings.